The Labute approximate surface area is 153 Å². The summed E-state index contributed by atoms with van der Waals surface area (Å²) in [5, 5.41) is 29.4. The van der Waals surface area contributed by atoms with E-state index in [0.29, 0.717) is 32.5 Å². The monoisotopic (exact) mass is 360 g/mol. The predicted molar refractivity (Wildman–Crippen MR) is 101 cm³/mol. The summed E-state index contributed by atoms with van der Waals surface area (Å²) in [6, 6.07) is 0. The zero-order valence-corrected chi connectivity index (χ0v) is 16.2. The minimum atomic E-state index is -0.271. The molecule has 0 fully saturated rings. The molecule has 0 spiro atoms. The molecule has 25 heavy (non-hydrogen) atoms. The molecule has 1 amide bonds. The Morgan fingerprint density at radius 3 is 1.88 bits per heavy atom. The van der Waals surface area contributed by atoms with Gasteiger partial charge in [-0.1, -0.05) is 58.3 Å². The summed E-state index contributed by atoms with van der Waals surface area (Å²) >= 11 is 0. The van der Waals surface area contributed by atoms with Crippen molar-refractivity contribution in [3.63, 3.8) is 0 Å². The number of aliphatic hydroxyl groups is 2. The summed E-state index contributed by atoms with van der Waals surface area (Å²) < 4.78 is 0. The average Bonchev–Trinajstić information content (AvgIpc) is 2.60. The van der Waals surface area contributed by atoms with Gasteiger partial charge < -0.3 is 20.5 Å². The first-order valence-corrected chi connectivity index (χ1v) is 10.2. The summed E-state index contributed by atoms with van der Waals surface area (Å²) in [6.45, 7) is 4.15. The molecule has 0 aromatic heterocycles. The van der Waals surface area contributed by atoms with E-state index in [1.807, 2.05) is 4.90 Å². The number of amides is 1. The highest BCUT2D eigenvalue weighted by atomic mass is 16.5. The van der Waals surface area contributed by atoms with Crippen LogP contribution in [0.4, 0.5) is 0 Å². The van der Waals surface area contributed by atoms with E-state index in [1.165, 1.54) is 38.5 Å². The third-order valence-electron chi connectivity index (χ3n) is 4.53. The summed E-state index contributed by atoms with van der Waals surface area (Å²) in [7, 11) is 0. The normalized spacial score (nSPS) is 12.7. The van der Waals surface area contributed by atoms with Crippen LogP contribution in [0.15, 0.2) is 0 Å². The average molecular weight is 361 g/mol. The maximum atomic E-state index is 11.8. The molecule has 3 N–H and O–H groups in total. The van der Waals surface area contributed by atoms with Gasteiger partial charge in [-0.2, -0.15) is 0 Å². The van der Waals surface area contributed by atoms with Gasteiger partial charge in [-0.05, 0) is 6.42 Å². The Kier molecular flexibility index (Phi) is 17.9. The van der Waals surface area contributed by atoms with Crippen molar-refractivity contribution in [1.82, 2.24) is 4.90 Å². The van der Waals surface area contributed by atoms with Gasteiger partial charge in [0, 0.05) is 26.1 Å². The van der Waals surface area contributed by atoms with Gasteiger partial charge in [-0.25, -0.2) is 4.79 Å². The molecule has 0 saturated heterocycles. The van der Waals surface area contributed by atoms with Gasteiger partial charge in [0.15, 0.2) is 0 Å². The number of aliphatic hydroxyl groups excluding tert-OH is 2. The molecule has 0 saturated carbocycles. The van der Waals surface area contributed by atoms with E-state index in [1.54, 1.807) is 0 Å². The number of quaternary nitrogens is 1. The van der Waals surface area contributed by atoms with Crippen LogP contribution in [0.2, 0.25) is 0 Å². The van der Waals surface area contributed by atoms with Crippen molar-refractivity contribution >= 4 is 5.91 Å². The molecule has 6 nitrogen and oxygen atoms in total. The SMILES string of the molecule is CCCCCCCCCCCC(=O)[NH+]([O-])CCCN(CCO)CCO. The number of hydrogen-bond donors (Lipinski definition) is 3. The van der Waals surface area contributed by atoms with Crippen molar-refractivity contribution in [2.24, 2.45) is 0 Å². The molecule has 0 bridgehead atoms. The second-order valence-electron chi connectivity index (χ2n) is 6.82. The summed E-state index contributed by atoms with van der Waals surface area (Å²) in [6.07, 6.45) is 11.8. The van der Waals surface area contributed by atoms with Crippen LogP contribution >= 0.6 is 0 Å². The van der Waals surface area contributed by atoms with E-state index >= 15 is 0 Å². The Hall–Kier alpha value is -0.530. The Bertz CT molecular complexity index is 297. The topological polar surface area (TPSA) is 88.3 Å². The molecule has 0 aromatic rings. The Morgan fingerprint density at radius 2 is 1.36 bits per heavy atom. The van der Waals surface area contributed by atoms with E-state index < -0.39 is 0 Å². The number of hydrogen-bond acceptors (Lipinski definition) is 5. The minimum Gasteiger partial charge on any atom is -0.627 e. The van der Waals surface area contributed by atoms with Crippen LogP contribution in [0, 0.1) is 5.21 Å². The van der Waals surface area contributed by atoms with Crippen LogP contribution in [0.25, 0.3) is 0 Å². The molecule has 0 aliphatic heterocycles. The molecule has 1 unspecified atom stereocenters. The fourth-order valence-corrected chi connectivity index (χ4v) is 2.96. The molecule has 0 heterocycles. The Balaban J connectivity index is 3.58. The van der Waals surface area contributed by atoms with E-state index in [4.69, 9.17) is 10.2 Å². The van der Waals surface area contributed by atoms with Crippen LogP contribution in [0.3, 0.4) is 0 Å². The Morgan fingerprint density at radius 1 is 0.840 bits per heavy atom. The first-order valence-electron chi connectivity index (χ1n) is 10.2. The molecule has 1 atom stereocenters. The van der Waals surface area contributed by atoms with Crippen LogP contribution < -0.4 is 5.06 Å². The fourth-order valence-electron chi connectivity index (χ4n) is 2.96. The quantitative estimate of drug-likeness (QED) is 0.255. The standard InChI is InChI=1S/C19H40N2O4/c1-2-3-4-5-6-7-8-9-10-12-19(24)21(25)14-11-13-20(15-17-22)16-18-23/h21-23H,2-18H2,1H3. The van der Waals surface area contributed by atoms with Gasteiger partial charge in [0.25, 0.3) is 0 Å². The van der Waals surface area contributed by atoms with E-state index in [-0.39, 0.29) is 30.7 Å². The second kappa shape index (κ2) is 18.3. The lowest BCUT2D eigenvalue weighted by Crippen LogP contribution is -3.10. The number of nitrogens with one attached hydrogen (secondary N) is 1. The van der Waals surface area contributed by atoms with Gasteiger partial charge in [0.05, 0.1) is 26.2 Å². The first-order chi connectivity index (χ1) is 12.2. The molecule has 0 aliphatic carbocycles. The summed E-state index contributed by atoms with van der Waals surface area (Å²) in [5.41, 5.74) is 0. The number of rotatable bonds is 18. The van der Waals surface area contributed by atoms with Crippen molar-refractivity contribution in [3.8, 4) is 0 Å². The lowest BCUT2D eigenvalue weighted by Gasteiger charge is -2.23. The number of carbonyl (C=O) groups is 1. The van der Waals surface area contributed by atoms with Gasteiger partial charge in [0.2, 0.25) is 0 Å². The van der Waals surface area contributed by atoms with E-state index in [2.05, 4.69) is 6.92 Å². The molecule has 0 radical (unpaired) electrons. The molecule has 0 aromatic carbocycles. The largest absolute Gasteiger partial charge is 0.627 e. The highest BCUT2D eigenvalue weighted by Gasteiger charge is 2.11. The molecular weight excluding hydrogens is 320 g/mol. The van der Waals surface area contributed by atoms with Crippen LogP contribution in [0.1, 0.15) is 77.6 Å². The third-order valence-corrected chi connectivity index (χ3v) is 4.53. The van der Waals surface area contributed by atoms with Crippen molar-refractivity contribution in [3.05, 3.63) is 5.21 Å². The van der Waals surface area contributed by atoms with E-state index in [9.17, 15) is 10.0 Å². The zero-order valence-electron chi connectivity index (χ0n) is 16.2. The van der Waals surface area contributed by atoms with Crippen LogP contribution in [0.5, 0.6) is 0 Å². The number of nitrogens with zero attached hydrogens (tertiary/aromatic N) is 1. The van der Waals surface area contributed by atoms with Gasteiger partial charge in [-0.3, -0.25) is 4.90 Å². The first kappa shape index (κ1) is 24.5. The number of unbranched alkanes of at least 4 members (excludes halogenated alkanes) is 8. The van der Waals surface area contributed by atoms with E-state index in [0.717, 1.165) is 19.3 Å². The highest BCUT2D eigenvalue weighted by Crippen LogP contribution is 2.10. The second-order valence-corrected chi connectivity index (χ2v) is 6.82. The van der Waals surface area contributed by atoms with Crippen molar-refractivity contribution in [2.75, 3.05) is 39.4 Å². The number of hydroxylamine groups is 2. The van der Waals surface area contributed by atoms with Gasteiger partial charge in [0.1, 0.15) is 0 Å². The maximum Gasteiger partial charge on any atom is 0.312 e. The van der Waals surface area contributed by atoms with Gasteiger partial charge >= 0.3 is 5.91 Å². The number of carbonyl (C=O) groups excluding carboxylic acids is 1. The third kappa shape index (κ3) is 15.4. The summed E-state index contributed by atoms with van der Waals surface area (Å²) in [5.74, 6) is -0.237. The van der Waals surface area contributed by atoms with Crippen molar-refractivity contribution < 1.29 is 20.1 Å². The lowest BCUT2D eigenvalue weighted by atomic mass is 10.1. The maximum absolute atomic E-state index is 11.8. The van der Waals surface area contributed by atoms with Crippen molar-refractivity contribution in [2.45, 2.75) is 77.6 Å². The van der Waals surface area contributed by atoms with Crippen LogP contribution in [-0.4, -0.2) is 60.4 Å². The van der Waals surface area contributed by atoms with Crippen LogP contribution in [-0.2, 0) is 4.79 Å². The highest BCUT2D eigenvalue weighted by molar-refractivity contribution is 5.66. The zero-order chi connectivity index (χ0) is 18.8. The van der Waals surface area contributed by atoms with Gasteiger partial charge in [-0.15, -0.1) is 0 Å². The predicted octanol–water partition coefficient (Wildman–Crippen LogP) is 1.49. The molecule has 0 aliphatic rings. The molecular formula is C19H40N2O4. The fraction of sp³-hybridized carbons (Fsp3) is 0.947. The smallest absolute Gasteiger partial charge is 0.312 e. The molecule has 6 heteroatoms. The minimum absolute atomic E-state index is 0.0332. The molecule has 0 rings (SSSR count). The summed E-state index contributed by atoms with van der Waals surface area (Å²) in [4.78, 5) is 13.7. The lowest BCUT2D eigenvalue weighted by molar-refractivity contribution is -0.765. The molecule has 150 valence electrons. The van der Waals surface area contributed by atoms with Crippen molar-refractivity contribution in [1.29, 1.82) is 0 Å².